The summed E-state index contributed by atoms with van der Waals surface area (Å²) in [6, 6.07) is 20.5. The highest BCUT2D eigenvalue weighted by atomic mass is 16.5. The maximum absolute atomic E-state index is 12.3. The van der Waals surface area contributed by atoms with Crippen molar-refractivity contribution in [2.24, 2.45) is 0 Å². The number of aromatic nitrogens is 2. The van der Waals surface area contributed by atoms with Crippen molar-refractivity contribution in [1.29, 1.82) is 0 Å². The van der Waals surface area contributed by atoms with Crippen molar-refractivity contribution in [2.75, 3.05) is 5.32 Å². The van der Waals surface area contributed by atoms with Crippen molar-refractivity contribution in [1.82, 2.24) is 9.97 Å². The lowest BCUT2D eigenvalue weighted by Crippen LogP contribution is -2.12. The van der Waals surface area contributed by atoms with Crippen molar-refractivity contribution in [3.63, 3.8) is 0 Å². The maximum atomic E-state index is 12.3. The molecule has 1 N–H and O–H groups in total. The molecule has 144 valence electrons. The van der Waals surface area contributed by atoms with Gasteiger partial charge in [-0.15, -0.1) is 0 Å². The van der Waals surface area contributed by atoms with Gasteiger partial charge < -0.3 is 14.5 Å². The second-order valence-corrected chi connectivity index (χ2v) is 6.35. The van der Waals surface area contributed by atoms with E-state index in [-0.39, 0.29) is 12.3 Å². The predicted molar refractivity (Wildman–Crippen MR) is 110 cm³/mol. The summed E-state index contributed by atoms with van der Waals surface area (Å²) < 4.78 is 11.5. The summed E-state index contributed by atoms with van der Waals surface area (Å²) in [4.78, 5) is 20.5. The number of carbonyl (C=O) groups excluding carboxylic acids is 1. The Morgan fingerprint density at radius 2 is 1.79 bits per heavy atom. The first-order valence-corrected chi connectivity index (χ1v) is 9.24. The van der Waals surface area contributed by atoms with Gasteiger partial charge in [-0.25, -0.2) is 4.98 Å². The Balaban J connectivity index is 1.32. The van der Waals surface area contributed by atoms with E-state index in [9.17, 15) is 4.79 Å². The molecule has 0 spiro atoms. The van der Waals surface area contributed by atoms with Gasteiger partial charge in [0.05, 0.1) is 6.20 Å². The van der Waals surface area contributed by atoms with Gasteiger partial charge in [0, 0.05) is 42.6 Å². The highest BCUT2D eigenvalue weighted by molar-refractivity contribution is 5.91. The molecule has 29 heavy (non-hydrogen) atoms. The zero-order chi connectivity index (χ0) is 19.9. The van der Waals surface area contributed by atoms with Crippen LogP contribution in [0.4, 0.5) is 5.69 Å². The molecule has 0 aliphatic rings. The minimum absolute atomic E-state index is 0.120. The number of hydrogen-bond donors (Lipinski definition) is 1. The first-order valence-electron chi connectivity index (χ1n) is 9.24. The molecule has 4 rings (SSSR count). The fourth-order valence-corrected chi connectivity index (χ4v) is 2.79. The lowest BCUT2D eigenvalue weighted by atomic mass is 10.2. The molecule has 2 aromatic heterocycles. The summed E-state index contributed by atoms with van der Waals surface area (Å²) in [7, 11) is 0. The quantitative estimate of drug-likeness (QED) is 0.479. The lowest BCUT2D eigenvalue weighted by molar-refractivity contribution is -0.116. The Hall–Kier alpha value is -3.93. The Kier molecular flexibility index (Phi) is 5.62. The molecule has 0 saturated heterocycles. The first-order chi connectivity index (χ1) is 14.3. The third kappa shape index (κ3) is 5.07. The molecule has 0 bridgehead atoms. The molecule has 0 fully saturated rings. The second-order valence-electron chi connectivity index (χ2n) is 6.35. The Morgan fingerprint density at radius 3 is 2.62 bits per heavy atom. The number of benzene rings is 2. The van der Waals surface area contributed by atoms with Crippen LogP contribution in [0.1, 0.15) is 12.3 Å². The van der Waals surface area contributed by atoms with Gasteiger partial charge in [0.1, 0.15) is 11.5 Å². The van der Waals surface area contributed by atoms with Gasteiger partial charge in [-0.05, 0) is 24.3 Å². The van der Waals surface area contributed by atoms with Crippen LogP contribution in [0.3, 0.4) is 0 Å². The Bertz CT molecular complexity index is 1080. The van der Waals surface area contributed by atoms with Crippen LogP contribution in [0, 0.1) is 0 Å². The molecule has 6 heteroatoms. The van der Waals surface area contributed by atoms with Crippen molar-refractivity contribution in [2.45, 2.75) is 12.8 Å². The van der Waals surface area contributed by atoms with E-state index >= 15 is 0 Å². The van der Waals surface area contributed by atoms with E-state index in [4.69, 9.17) is 9.15 Å². The third-order valence-corrected chi connectivity index (χ3v) is 4.18. The smallest absolute Gasteiger partial charge is 0.224 e. The van der Waals surface area contributed by atoms with Crippen LogP contribution < -0.4 is 10.1 Å². The van der Waals surface area contributed by atoms with Crippen molar-refractivity contribution >= 4 is 11.6 Å². The van der Waals surface area contributed by atoms with Gasteiger partial charge in [0.25, 0.3) is 0 Å². The van der Waals surface area contributed by atoms with Gasteiger partial charge in [0.15, 0.2) is 11.7 Å². The third-order valence-electron chi connectivity index (χ3n) is 4.18. The predicted octanol–water partition coefficient (Wildman–Crippen LogP) is 5.10. The van der Waals surface area contributed by atoms with Gasteiger partial charge >= 0.3 is 0 Å². The van der Waals surface area contributed by atoms with Crippen LogP contribution in [-0.2, 0) is 11.2 Å². The standard InChI is InChI=1S/C23H19N3O3/c27-22(9-10-23-25-16-21(29-23)17-5-2-1-3-6-17)26-18-7-4-8-20(15-18)28-19-11-13-24-14-12-19/h1-8,11-16H,9-10H2,(H,26,27). The van der Waals surface area contributed by atoms with Crippen LogP contribution in [0.25, 0.3) is 11.3 Å². The van der Waals surface area contributed by atoms with E-state index in [1.807, 2.05) is 48.5 Å². The van der Waals surface area contributed by atoms with Crippen LogP contribution >= 0.6 is 0 Å². The number of nitrogens with one attached hydrogen (secondary N) is 1. The van der Waals surface area contributed by atoms with Crippen LogP contribution in [-0.4, -0.2) is 15.9 Å². The molecule has 2 aromatic carbocycles. The topological polar surface area (TPSA) is 77.2 Å². The number of rotatable bonds is 7. The number of amides is 1. The fraction of sp³-hybridized carbons (Fsp3) is 0.0870. The number of hydrogen-bond acceptors (Lipinski definition) is 5. The molecule has 2 heterocycles. The van der Waals surface area contributed by atoms with Crippen LogP contribution in [0.15, 0.2) is 89.7 Å². The van der Waals surface area contributed by atoms with Gasteiger partial charge in [0.2, 0.25) is 5.91 Å². The summed E-state index contributed by atoms with van der Waals surface area (Å²) in [5.41, 5.74) is 1.63. The molecule has 6 nitrogen and oxygen atoms in total. The lowest BCUT2D eigenvalue weighted by Gasteiger charge is -2.08. The molecule has 0 atom stereocenters. The first kappa shape index (κ1) is 18.4. The number of carbonyl (C=O) groups is 1. The Morgan fingerprint density at radius 1 is 0.966 bits per heavy atom. The normalized spacial score (nSPS) is 10.5. The SMILES string of the molecule is O=C(CCc1ncc(-c2ccccc2)o1)Nc1cccc(Oc2ccncc2)c1. The second kappa shape index (κ2) is 8.84. The monoisotopic (exact) mass is 385 g/mol. The van der Waals surface area contributed by atoms with E-state index in [1.165, 1.54) is 0 Å². The van der Waals surface area contributed by atoms with E-state index in [1.54, 1.807) is 36.8 Å². The van der Waals surface area contributed by atoms with Crippen LogP contribution in [0.5, 0.6) is 11.5 Å². The summed E-state index contributed by atoms with van der Waals surface area (Å²) in [5, 5.41) is 2.88. The number of pyridine rings is 1. The summed E-state index contributed by atoms with van der Waals surface area (Å²) >= 11 is 0. The molecule has 0 unspecified atom stereocenters. The number of nitrogens with zero attached hydrogens (tertiary/aromatic N) is 2. The zero-order valence-electron chi connectivity index (χ0n) is 15.6. The van der Waals surface area contributed by atoms with E-state index in [0.29, 0.717) is 35.3 Å². The summed E-state index contributed by atoms with van der Waals surface area (Å²) in [6.45, 7) is 0. The van der Waals surface area contributed by atoms with Crippen molar-refractivity contribution in [3.8, 4) is 22.8 Å². The highest BCUT2D eigenvalue weighted by Gasteiger charge is 2.09. The minimum Gasteiger partial charge on any atom is -0.457 e. The van der Waals surface area contributed by atoms with E-state index in [2.05, 4.69) is 15.3 Å². The molecular formula is C23H19N3O3. The average molecular weight is 385 g/mol. The molecule has 0 saturated carbocycles. The molecule has 4 aromatic rings. The minimum atomic E-state index is -0.120. The van der Waals surface area contributed by atoms with E-state index in [0.717, 1.165) is 5.56 Å². The summed E-state index contributed by atoms with van der Waals surface area (Å²) in [6.07, 6.45) is 5.69. The molecular weight excluding hydrogens is 366 g/mol. The number of aryl methyl sites for hydroxylation is 1. The number of oxazole rings is 1. The zero-order valence-corrected chi connectivity index (χ0v) is 15.6. The average Bonchev–Trinajstić information content (AvgIpc) is 3.23. The summed E-state index contributed by atoms with van der Waals surface area (Å²) in [5.74, 6) is 2.43. The van der Waals surface area contributed by atoms with Crippen molar-refractivity contribution < 1.29 is 13.9 Å². The van der Waals surface area contributed by atoms with Gasteiger partial charge in [-0.1, -0.05) is 36.4 Å². The van der Waals surface area contributed by atoms with E-state index < -0.39 is 0 Å². The number of ether oxygens (including phenoxy) is 1. The largest absolute Gasteiger partial charge is 0.457 e. The molecule has 0 radical (unpaired) electrons. The number of anilines is 1. The fourth-order valence-electron chi connectivity index (χ4n) is 2.79. The Labute approximate surface area is 168 Å². The van der Waals surface area contributed by atoms with Gasteiger partial charge in [-0.2, -0.15) is 0 Å². The highest BCUT2D eigenvalue weighted by Crippen LogP contribution is 2.24. The molecule has 1 amide bonds. The van der Waals surface area contributed by atoms with Crippen molar-refractivity contribution in [3.05, 3.63) is 91.2 Å². The molecule has 0 aliphatic heterocycles. The molecule has 0 aliphatic carbocycles. The van der Waals surface area contributed by atoms with Gasteiger partial charge in [-0.3, -0.25) is 9.78 Å². The maximum Gasteiger partial charge on any atom is 0.224 e. The van der Waals surface area contributed by atoms with Crippen LogP contribution in [0.2, 0.25) is 0 Å².